The van der Waals surface area contributed by atoms with Crippen molar-refractivity contribution in [2.75, 3.05) is 19.6 Å². The van der Waals surface area contributed by atoms with Crippen molar-refractivity contribution >= 4 is 33.2 Å². The molecule has 1 amide bonds. The van der Waals surface area contributed by atoms with Gasteiger partial charge in [0.2, 0.25) is 0 Å². The van der Waals surface area contributed by atoms with E-state index in [4.69, 9.17) is 0 Å². The lowest BCUT2D eigenvalue weighted by molar-refractivity contribution is 0.0725. The molecule has 1 unspecified atom stereocenters. The molecule has 5 heteroatoms. The van der Waals surface area contributed by atoms with Crippen LogP contribution in [0.4, 0.5) is 0 Å². The Morgan fingerprint density at radius 3 is 2.95 bits per heavy atom. The number of halogens is 1. The molecular weight excluding hydrogens is 324 g/mol. The summed E-state index contributed by atoms with van der Waals surface area (Å²) in [7, 11) is 0. The molecule has 106 valence electrons. The summed E-state index contributed by atoms with van der Waals surface area (Å²) in [6.45, 7) is 7.04. The number of carbonyl (C=O) groups excluding carboxylic acids is 1. The standard InChI is InChI=1S/C14H21BrN2OS/c1-10(2)8-17(9-11-4-3-6-16-11)14(18)13-12(15)5-7-19-13/h5,7,10-11,16H,3-4,6,8-9H2,1-2H3. The highest BCUT2D eigenvalue weighted by Crippen LogP contribution is 2.25. The fraction of sp³-hybridized carbons (Fsp3) is 0.643. The highest BCUT2D eigenvalue weighted by molar-refractivity contribution is 9.10. The molecule has 1 aliphatic rings. The molecule has 2 rings (SSSR count). The van der Waals surface area contributed by atoms with E-state index in [1.165, 1.54) is 24.2 Å². The molecule has 0 bridgehead atoms. The van der Waals surface area contributed by atoms with Crippen LogP contribution >= 0.6 is 27.3 Å². The van der Waals surface area contributed by atoms with Gasteiger partial charge in [-0.3, -0.25) is 4.79 Å². The van der Waals surface area contributed by atoms with Crippen LogP contribution < -0.4 is 5.32 Å². The Balaban J connectivity index is 2.07. The lowest BCUT2D eigenvalue weighted by Crippen LogP contribution is -2.42. The maximum Gasteiger partial charge on any atom is 0.265 e. The van der Waals surface area contributed by atoms with Crippen molar-refractivity contribution in [3.63, 3.8) is 0 Å². The Bertz CT molecular complexity index is 427. The van der Waals surface area contributed by atoms with Crippen LogP contribution in [0.25, 0.3) is 0 Å². The van der Waals surface area contributed by atoms with E-state index in [0.717, 1.165) is 29.0 Å². The van der Waals surface area contributed by atoms with Crippen molar-refractivity contribution in [2.45, 2.75) is 32.7 Å². The predicted octanol–water partition coefficient (Wildman–Crippen LogP) is 3.36. The Morgan fingerprint density at radius 2 is 2.42 bits per heavy atom. The Morgan fingerprint density at radius 1 is 1.63 bits per heavy atom. The monoisotopic (exact) mass is 344 g/mol. The first-order valence-electron chi connectivity index (χ1n) is 6.83. The van der Waals surface area contributed by atoms with Crippen molar-refractivity contribution in [1.82, 2.24) is 10.2 Å². The predicted molar refractivity (Wildman–Crippen MR) is 83.8 cm³/mol. The summed E-state index contributed by atoms with van der Waals surface area (Å²) < 4.78 is 0.913. The second-order valence-corrected chi connectivity index (χ2v) is 7.27. The summed E-state index contributed by atoms with van der Waals surface area (Å²) in [5.41, 5.74) is 0. The second kappa shape index (κ2) is 6.86. The van der Waals surface area contributed by atoms with E-state index >= 15 is 0 Å². The van der Waals surface area contributed by atoms with Crippen LogP contribution in [-0.4, -0.2) is 36.5 Å². The number of hydrogen-bond acceptors (Lipinski definition) is 3. The minimum absolute atomic E-state index is 0.157. The maximum absolute atomic E-state index is 12.6. The third-order valence-corrected chi connectivity index (χ3v) is 5.11. The highest BCUT2D eigenvalue weighted by atomic mass is 79.9. The number of rotatable bonds is 5. The number of thiophene rings is 1. The lowest BCUT2D eigenvalue weighted by atomic mass is 10.1. The van der Waals surface area contributed by atoms with Crippen LogP contribution in [0.3, 0.4) is 0 Å². The zero-order valence-electron chi connectivity index (χ0n) is 11.5. The second-order valence-electron chi connectivity index (χ2n) is 5.49. The first-order valence-corrected chi connectivity index (χ1v) is 8.51. The van der Waals surface area contributed by atoms with E-state index in [9.17, 15) is 4.79 Å². The van der Waals surface area contributed by atoms with Gasteiger partial charge >= 0.3 is 0 Å². The number of amides is 1. The molecule has 19 heavy (non-hydrogen) atoms. The van der Waals surface area contributed by atoms with Crippen molar-refractivity contribution in [2.24, 2.45) is 5.92 Å². The molecule has 1 atom stereocenters. The highest BCUT2D eigenvalue weighted by Gasteiger charge is 2.24. The Hall–Kier alpha value is -0.390. The molecular formula is C14H21BrN2OS. The third kappa shape index (κ3) is 4.04. The Labute approximate surface area is 127 Å². The summed E-state index contributed by atoms with van der Waals surface area (Å²) in [6, 6.07) is 2.40. The van der Waals surface area contributed by atoms with E-state index in [0.29, 0.717) is 12.0 Å². The lowest BCUT2D eigenvalue weighted by Gasteiger charge is -2.27. The fourth-order valence-electron chi connectivity index (χ4n) is 2.45. The van der Waals surface area contributed by atoms with Gasteiger partial charge < -0.3 is 10.2 Å². The summed E-state index contributed by atoms with van der Waals surface area (Å²) >= 11 is 4.97. The number of carbonyl (C=O) groups is 1. The first kappa shape index (κ1) is 15.0. The molecule has 1 saturated heterocycles. The van der Waals surface area contributed by atoms with Crippen LogP contribution in [0.15, 0.2) is 15.9 Å². The molecule has 2 heterocycles. The molecule has 0 spiro atoms. The van der Waals surface area contributed by atoms with Gasteiger partial charge in [-0.05, 0) is 52.7 Å². The van der Waals surface area contributed by atoms with Gasteiger partial charge in [-0.15, -0.1) is 11.3 Å². The van der Waals surface area contributed by atoms with Gasteiger partial charge in [0.15, 0.2) is 0 Å². The summed E-state index contributed by atoms with van der Waals surface area (Å²) in [5.74, 6) is 0.647. The van der Waals surface area contributed by atoms with E-state index in [1.54, 1.807) is 0 Å². The topological polar surface area (TPSA) is 32.3 Å². The van der Waals surface area contributed by atoms with Crippen molar-refractivity contribution in [3.8, 4) is 0 Å². The normalized spacial score (nSPS) is 19.1. The van der Waals surface area contributed by atoms with Crippen molar-refractivity contribution in [3.05, 3.63) is 20.8 Å². The average molecular weight is 345 g/mol. The molecule has 0 radical (unpaired) electrons. The van der Waals surface area contributed by atoms with Crippen LogP contribution in [-0.2, 0) is 0 Å². The molecule has 1 aliphatic heterocycles. The maximum atomic E-state index is 12.6. The average Bonchev–Trinajstić information content (AvgIpc) is 2.98. The summed E-state index contributed by atoms with van der Waals surface area (Å²) in [4.78, 5) is 15.5. The van der Waals surface area contributed by atoms with E-state index < -0.39 is 0 Å². The molecule has 1 fully saturated rings. The first-order chi connectivity index (χ1) is 9.08. The van der Waals surface area contributed by atoms with E-state index in [2.05, 4.69) is 35.1 Å². The van der Waals surface area contributed by atoms with Crippen LogP contribution in [0, 0.1) is 5.92 Å². The smallest absolute Gasteiger partial charge is 0.265 e. The summed E-state index contributed by atoms with van der Waals surface area (Å²) in [5, 5.41) is 5.43. The van der Waals surface area contributed by atoms with Crippen LogP contribution in [0.5, 0.6) is 0 Å². The zero-order valence-corrected chi connectivity index (χ0v) is 13.9. The molecule has 0 aromatic carbocycles. The Kier molecular flexibility index (Phi) is 5.42. The van der Waals surface area contributed by atoms with Gasteiger partial charge in [0.05, 0.1) is 0 Å². The quantitative estimate of drug-likeness (QED) is 0.888. The molecule has 1 aromatic rings. The van der Waals surface area contributed by atoms with Gasteiger partial charge in [0.1, 0.15) is 4.88 Å². The largest absolute Gasteiger partial charge is 0.336 e. The fourth-order valence-corrected chi connectivity index (χ4v) is 3.96. The van der Waals surface area contributed by atoms with E-state index in [1.807, 2.05) is 16.3 Å². The van der Waals surface area contributed by atoms with Gasteiger partial charge in [-0.25, -0.2) is 0 Å². The number of hydrogen-bond donors (Lipinski definition) is 1. The SMILES string of the molecule is CC(C)CN(CC1CCCN1)C(=O)c1sccc1Br. The van der Waals surface area contributed by atoms with E-state index in [-0.39, 0.29) is 5.91 Å². The summed E-state index contributed by atoms with van der Waals surface area (Å²) in [6.07, 6.45) is 2.39. The minimum Gasteiger partial charge on any atom is -0.336 e. The molecule has 1 aromatic heterocycles. The molecule has 0 aliphatic carbocycles. The van der Waals surface area contributed by atoms with Crippen LogP contribution in [0.1, 0.15) is 36.4 Å². The van der Waals surface area contributed by atoms with Gasteiger partial charge in [-0.1, -0.05) is 13.8 Å². The molecule has 1 N–H and O–H groups in total. The van der Waals surface area contributed by atoms with Crippen molar-refractivity contribution in [1.29, 1.82) is 0 Å². The minimum atomic E-state index is 0.157. The van der Waals surface area contributed by atoms with Gasteiger partial charge in [-0.2, -0.15) is 0 Å². The van der Waals surface area contributed by atoms with Crippen molar-refractivity contribution < 1.29 is 4.79 Å². The number of nitrogens with one attached hydrogen (secondary N) is 1. The zero-order chi connectivity index (χ0) is 13.8. The third-order valence-electron chi connectivity index (χ3n) is 3.29. The van der Waals surface area contributed by atoms with Crippen LogP contribution in [0.2, 0.25) is 0 Å². The number of nitrogens with zero attached hydrogens (tertiary/aromatic N) is 1. The van der Waals surface area contributed by atoms with Gasteiger partial charge in [0.25, 0.3) is 5.91 Å². The molecule has 0 saturated carbocycles. The van der Waals surface area contributed by atoms with Gasteiger partial charge in [0, 0.05) is 23.6 Å². The molecule has 3 nitrogen and oxygen atoms in total.